The van der Waals surface area contributed by atoms with Gasteiger partial charge in [-0.2, -0.15) is 8.75 Å². The Morgan fingerprint density at radius 1 is 0.955 bits per heavy atom. The minimum absolute atomic E-state index is 0.278. The first kappa shape index (κ1) is 14.5. The maximum atomic E-state index is 12.0. The summed E-state index contributed by atoms with van der Waals surface area (Å²) >= 11 is 1.16. The third-order valence-electron chi connectivity index (χ3n) is 3.35. The van der Waals surface area contributed by atoms with Crippen LogP contribution >= 0.6 is 11.7 Å². The normalized spacial score (nSPS) is 10.9. The first-order chi connectivity index (χ1) is 10.6. The van der Waals surface area contributed by atoms with Gasteiger partial charge in [0.25, 0.3) is 0 Å². The summed E-state index contributed by atoms with van der Waals surface area (Å²) in [5, 5.41) is 5.61. The fourth-order valence-electron chi connectivity index (χ4n) is 2.10. The molecule has 6 heteroatoms. The molecule has 0 aliphatic carbocycles. The Morgan fingerprint density at radius 3 is 2.32 bits per heavy atom. The number of carbonyl (C=O) groups is 1. The highest BCUT2D eigenvalue weighted by molar-refractivity contribution is 7.00. The van der Waals surface area contributed by atoms with Gasteiger partial charge in [0.05, 0.1) is 11.7 Å². The number of urea groups is 1. The second-order valence-electron chi connectivity index (χ2n) is 5.32. The molecule has 1 heterocycles. The predicted octanol–water partition coefficient (Wildman–Crippen LogP) is 4.46. The summed E-state index contributed by atoms with van der Waals surface area (Å²) in [7, 11) is 0. The van der Waals surface area contributed by atoms with E-state index in [1.54, 1.807) is 6.07 Å². The molecule has 0 saturated carbocycles. The number of carbonyl (C=O) groups excluding carboxylic acids is 1. The molecule has 0 saturated heterocycles. The Morgan fingerprint density at radius 2 is 1.59 bits per heavy atom. The van der Waals surface area contributed by atoms with Gasteiger partial charge in [0.2, 0.25) is 0 Å². The van der Waals surface area contributed by atoms with Crippen molar-refractivity contribution >= 4 is 40.2 Å². The van der Waals surface area contributed by atoms with Gasteiger partial charge in [-0.3, -0.25) is 0 Å². The van der Waals surface area contributed by atoms with Crippen molar-refractivity contribution in [2.45, 2.75) is 19.8 Å². The fraction of sp³-hybridized carbons (Fsp3) is 0.188. The Labute approximate surface area is 132 Å². The number of rotatable bonds is 3. The van der Waals surface area contributed by atoms with Crippen molar-refractivity contribution in [3.63, 3.8) is 0 Å². The van der Waals surface area contributed by atoms with E-state index < -0.39 is 0 Å². The van der Waals surface area contributed by atoms with Crippen molar-refractivity contribution < 1.29 is 4.79 Å². The molecule has 0 bridgehead atoms. The van der Waals surface area contributed by atoms with Gasteiger partial charge in [0.1, 0.15) is 11.0 Å². The zero-order valence-corrected chi connectivity index (χ0v) is 13.1. The monoisotopic (exact) mass is 312 g/mol. The van der Waals surface area contributed by atoms with E-state index in [2.05, 4.69) is 33.2 Å². The van der Waals surface area contributed by atoms with Gasteiger partial charge in [0.15, 0.2) is 0 Å². The van der Waals surface area contributed by atoms with E-state index in [0.717, 1.165) is 28.4 Å². The summed E-state index contributed by atoms with van der Waals surface area (Å²) in [5.74, 6) is 0.473. The zero-order chi connectivity index (χ0) is 15.5. The van der Waals surface area contributed by atoms with Crippen LogP contribution in [0.3, 0.4) is 0 Å². The largest absolute Gasteiger partial charge is 0.323 e. The lowest BCUT2D eigenvalue weighted by atomic mass is 10.0. The first-order valence-electron chi connectivity index (χ1n) is 7.02. The lowest BCUT2D eigenvalue weighted by Gasteiger charge is -2.09. The number of nitrogens with zero attached hydrogens (tertiary/aromatic N) is 2. The van der Waals surface area contributed by atoms with E-state index in [0.29, 0.717) is 11.6 Å². The van der Waals surface area contributed by atoms with Gasteiger partial charge in [-0.25, -0.2) is 4.79 Å². The van der Waals surface area contributed by atoms with Crippen LogP contribution in [0.5, 0.6) is 0 Å². The van der Waals surface area contributed by atoms with Crippen LogP contribution < -0.4 is 10.6 Å². The number of hydrogen-bond acceptors (Lipinski definition) is 4. The molecule has 0 unspecified atom stereocenters. The summed E-state index contributed by atoms with van der Waals surface area (Å²) < 4.78 is 8.29. The third kappa shape index (κ3) is 3.23. The van der Waals surface area contributed by atoms with Crippen LogP contribution in [0.2, 0.25) is 0 Å². The summed E-state index contributed by atoms with van der Waals surface area (Å²) in [6.45, 7) is 4.28. The average molecular weight is 312 g/mol. The third-order valence-corrected chi connectivity index (χ3v) is 3.90. The van der Waals surface area contributed by atoms with Crippen LogP contribution in [-0.4, -0.2) is 14.8 Å². The highest BCUT2D eigenvalue weighted by Gasteiger charge is 2.06. The molecule has 3 rings (SSSR count). The van der Waals surface area contributed by atoms with E-state index in [4.69, 9.17) is 0 Å². The van der Waals surface area contributed by atoms with Gasteiger partial charge in [-0.05, 0) is 41.8 Å². The smallest absolute Gasteiger partial charge is 0.308 e. The maximum absolute atomic E-state index is 12.0. The fourth-order valence-corrected chi connectivity index (χ4v) is 2.62. The highest BCUT2D eigenvalue weighted by atomic mass is 32.1. The van der Waals surface area contributed by atoms with Gasteiger partial charge < -0.3 is 10.6 Å². The molecule has 0 spiro atoms. The number of aromatic nitrogens is 2. The van der Waals surface area contributed by atoms with Crippen molar-refractivity contribution in [2.75, 3.05) is 10.6 Å². The van der Waals surface area contributed by atoms with E-state index in [1.165, 1.54) is 5.56 Å². The lowest BCUT2D eigenvalue weighted by molar-refractivity contribution is 0.262. The quantitative estimate of drug-likeness (QED) is 0.750. The molecule has 0 aliphatic rings. The first-order valence-corrected chi connectivity index (χ1v) is 7.75. The Hall–Kier alpha value is -2.47. The predicted molar refractivity (Wildman–Crippen MR) is 90.6 cm³/mol. The lowest BCUT2D eigenvalue weighted by Crippen LogP contribution is -2.19. The molecule has 112 valence electrons. The molecule has 3 aromatic rings. The number of nitrogens with one attached hydrogen (secondary N) is 2. The van der Waals surface area contributed by atoms with Crippen molar-refractivity contribution in [3.05, 3.63) is 48.0 Å². The van der Waals surface area contributed by atoms with Gasteiger partial charge in [-0.1, -0.05) is 26.0 Å². The highest BCUT2D eigenvalue weighted by Crippen LogP contribution is 2.19. The standard InChI is InChI=1S/C16H16N4OS/c1-10(2)11-3-5-12(6-4-11)17-16(21)18-13-7-8-14-15(9-13)20-22-19-14/h3-10H,1-2H3,(H2,17,18,21). The molecule has 2 aromatic carbocycles. The van der Waals surface area contributed by atoms with Gasteiger partial charge in [0, 0.05) is 11.4 Å². The van der Waals surface area contributed by atoms with Crippen LogP contribution in [0.1, 0.15) is 25.3 Å². The molecule has 1 aromatic heterocycles. The molecule has 0 atom stereocenters. The maximum Gasteiger partial charge on any atom is 0.323 e. The van der Waals surface area contributed by atoms with Gasteiger partial charge in [-0.15, -0.1) is 0 Å². The van der Waals surface area contributed by atoms with E-state index in [1.807, 2.05) is 36.4 Å². The van der Waals surface area contributed by atoms with E-state index in [-0.39, 0.29) is 6.03 Å². The number of amides is 2. The zero-order valence-electron chi connectivity index (χ0n) is 12.3. The second-order valence-corrected chi connectivity index (χ2v) is 5.85. The molecule has 2 amide bonds. The Bertz CT molecular complexity index is 795. The SMILES string of the molecule is CC(C)c1ccc(NC(=O)Nc2ccc3nsnc3c2)cc1. The number of fused-ring (bicyclic) bond motifs is 1. The number of benzene rings is 2. The van der Waals surface area contributed by atoms with Crippen molar-refractivity contribution in [2.24, 2.45) is 0 Å². The molecule has 0 fully saturated rings. The second kappa shape index (κ2) is 6.11. The molecule has 5 nitrogen and oxygen atoms in total. The average Bonchev–Trinajstić information content (AvgIpc) is 2.95. The Kier molecular flexibility index (Phi) is 4.02. The minimum atomic E-state index is -0.278. The van der Waals surface area contributed by atoms with E-state index >= 15 is 0 Å². The van der Waals surface area contributed by atoms with Crippen LogP contribution in [0.25, 0.3) is 11.0 Å². The van der Waals surface area contributed by atoms with E-state index in [9.17, 15) is 4.79 Å². The minimum Gasteiger partial charge on any atom is -0.308 e. The van der Waals surface area contributed by atoms with Crippen LogP contribution in [-0.2, 0) is 0 Å². The van der Waals surface area contributed by atoms with Gasteiger partial charge >= 0.3 is 6.03 Å². The number of anilines is 2. The Balaban J connectivity index is 1.66. The molecule has 2 N–H and O–H groups in total. The van der Waals surface area contributed by atoms with Crippen LogP contribution in [0.15, 0.2) is 42.5 Å². The topological polar surface area (TPSA) is 66.9 Å². The summed E-state index contributed by atoms with van der Waals surface area (Å²) in [4.78, 5) is 12.0. The molecule has 22 heavy (non-hydrogen) atoms. The summed E-state index contributed by atoms with van der Waals surface area (Å²) in [6, 6.07) is 13.0. The summed E-state index contributed by atoms with van der Waals surface area (Å²) in [5.41, 5.74) is 4.31. The molecular formula is C16H16N4OS. The summed E-state index contributed by atoms with van der Waals surface area (Å²) in [6.07, 6.45) is 0. The molecule has 0 radical (unpaired) electrons. The van der Waals surface area contributed by atoms with Crippen LogP contribution in [0.4, 0.5) is 16.2 Å². The van der Waals surface area contributed by atoms with Crippen LogP contribution in [0, 0.1) is 0 Å². The number of hydrogen-bond donors (Lipinski definition) is 2. The van der Waals surface area contributed by atoms with Crippen molar-refractivity contribution in [1.82, 2.24) is 8.75 Å². The molecular weight excluding hydrogens is 296 g/mol. The van der Waals surface area contributed by atoms with Crippen molar-refractivity contribution in [3.8, 4) is 0 Å². The molecule has 0 aliphatic heterocycles. The van der Waals surface area contributed by atoms with Crippen molar-refractivity contribution in [1.29, 1.82) is 0 Å².